The van der Waals surface area contributed by atoms with Gasteiger partial charge in [-0.1, -0.05) is 24.1 Å². The molecule has 0 saturated carbocycles. The molecule has 1 aromatic rings. The highest BCUT2D eigenvalue weighted by Gasteiger charge is 1.96. The van der Waals surface area contributed by atoms with Crippen LogP contribution in [0.15, 0.2) is 24.3 Å². The minimum Gasteiger partial charge on any atom is -0.397 e. The summed E-state index contributed by atoms with van der Waals surface area (Å²) in [7, 11) is 0. The predicted molar refractivity (Wildman–Crippen MR) is 65.6 cm³/mol. The Balaban J connectivity index is 2.21. The fraction of sp³-hybridized carbons (Fsp3) is 0.300. The number of nitrogens with one attached hydrogen (secondary N) is 2. The number of anilines is 2. The Bertz CT molecular complexity index is 330. The Morgan fingerprint density at radius 1 is 1.47 bits per heavy atom. The highest BCUT2D eigenvalue weighted by Crippen LogP contribution is 2.19. The van der Waals surface area contributed by atoms with E-state index < -0.39 is 0 Å². The molecule has 1 amide bonds. The molecule has 0 spiro atoms. The lowest BCUT2D eigenvalue weighted by Crippen LogP contribution is -2.22. The van der Waals surface area contributed by atoms with Crippen LogP contribution in [0.2, 0.25) is 0 Å². The molecule has 4 nitrogen and oxygen atoms in total. The summed E-state index contributed by atoms with van der Waals surface area (Å²) in [4.78, 5) is 10.6. The smallest absolute Gasteiger partial charge is 0.216 e. The molecule has 0 unspecified atom stereocenters. The summed E-state index contributed by atoms with van der Waals surface area (Å²) >= 11 is 1.52. The van der Waals surface area contributed by atoms with Crippen molar-refractivity contribution in [3.63, 3.8) is 0 Å². The molecule has 1 rings (SSSR count). The molecule has 0 aliphatic carbocycles. The Morgan fingerprint density at radius 3 is 2.87 bits per heavy atom. The molecule has 5 heteroatoms. The second kappa shape index (κ2) is 6.19. The number of nitrogens with two attached hydrogens (primary N) is 1. The first-order valence-electron chi connectivity index (χ1n) is 4.67. The van der Waals surface area contributed by atoms with Gasteiger partial charge in [0, 0.05) is 19.2 Å². The average molecular weight is 225 g/mol. The van der Waals surface area contributed by atoms with E-state index in [0.717, 1.165) is 17.1 Å². The number of para-hydroxylation sites is 2. The zero-order valence-electron chi connectivity index (χ0n) is 8.62. The van der Waals surface area contributed by atoms with Gasteiger partial charge < -0.3 is 15.8 Å². The van der Waals surface area contributed by atoms with Crippen LogP contribution >= 0.6 is 11.9 Å². The van der Waals surface area contributed by atoms with E-state index in [1.165, 1.54) is 18.9 Å². The second-order valence-corrected chi connectivity index (χ2v) is 3.92. The zero-order chi connectivity index (χ0) is 11.1. The maximum Gasteiger partial charge on any atom is 0.216 e. The number of amides is 1. The normalized spacial score (nSPS) is 9.67. The van der Waals surface area contributed by atoms with E-state index in [-0.39, 0.29) is 5.91 Å². The van der Waals surface area contributed by atoms with Crippen molar-refractivity contribution in [3.05, 3.63) is 24.3 Å². The molecule has 4 N–H and O–H groups in total. The Morgan fingerprint density at radius 2 is 2.20 bits per heavy atom. The molecular weight excluding hydrogens is 210 g/mol. The number of carbonyl (C=O) groups is 1. The quantitative estimate of drug-likeness (QED) is 0.403. The lowest BCUT2D eigenvalue weighted by molar-refractivity contribution is -0.118. The van der Waals surface area contributed by atoms with Crippen LogP contribution in [0.25, 0.3) is 0 Å². The third kappa shape index (κ3) is 4.60. The highest BCUT2D eigenvalue weighted by atomic mass is 32.2. The largest absolute Gasteiger partial charge is 0.397 e. The van der Waals surface area contributed by atoms with Crippen LogP contribution in [0.5, 0.6) is 0 Å². The van der Waals surface area contributed by atoms with E-state index >= 15 is 0 Å². The monoisotopic (exact) mass is 225 g/mol. The van der Waals surface area contributed by atoms with Crippen molar-refractivity contribution in [2.75, 3.05) is 22.8 Å². The van der Waals surface area contributed by atoms with E-state index in [4.69, 9.17) is 5.73 Å². The fourth-order valence-corrected chi connectivity index (χ4v) is 1.64. The van der Waals surface area contributed by atoms with Crippen LogP contribution < -0.4 is 15.8 Å². The van der Waals surface area contributed by atoms with Gasteiger partial charge in [0.1, 0.15) is 0 Å². The summed E-state index contributed by atoms with van der Waals surface area (Å²) in [5.74, 6) is 0.795. The molecule has 0 saturated heterocycles. The summed E-state index contributed by atoms with van der Waals surface area (Å²) in [6, 6.07) is 7.58. The SMILES string of the molecule is CC(=O)NCCSNc1ccccc1N. The molecule has 0 aliphatic rings. The van der Waals surface area contributed by atoms with Crippen LogP contribution in [0.3, 0.4) is 0 Å². The molecule has 0 heterocycles. The number of carbonyl (C=O) groups excluding carboxylic acids is 1. The zero-order valence-corrected chi connectivity index (χ0v) is 9.43. The molecule has 82 valence electrons. The van der Waals surface area contributed by atoms with E-state index in [1.54, 1.807) is 0 Å². The molecule has 0 aromatic heterocycles. The number of nitrogen functional groups attached to an aromatic ring is 1. The standard InChI is InChI=1S/C10H15N3OS/c1-8(14)12-6-7-15-13-10-5-3-2-4-9(10)11/h2-5,13H,6-7,11H2,1H3,(H,12,14). The van der Waals surface area contributed by atoms with E-state index in [1.807, 2.05) is 24.3 Å². The van der Waals surface area contributed by atoms with Gasteiger partial charge >= 0.3 is 0 Å². The van der Waals surface area contributed by atoms with Crippen LogP contribution in [0.1, 0.15) is 6.92 Å². The van der Waals surface area contributed by atoms with Crippen molar-refractivity contribution < 1.29 is 4.79 Å². The van der Waals surface area contributed by atoms with Gasteiger partial charge in [0.05, 0.1) is 11.4 Å². The number of hydrogen-bond donors (Lipinski definition) is 3. The molecule has 15 heavy (non-hydrogen) atoms. The first-order chi connectivity index (χ1) is 7.20. The van der Waals surface area contributed by atoms with Gasteiger partial charge in [0.25, 0.3) is 0 Å². The first kappa shape index (κ1) is 11.7. The molecular formula is C10H15N3OS. The molecule has 0 aliphatic heterocycles. The third-order valence-corrected chi connectivity index (χ3v) is 2.49. The lowest BCUT2D eigenvalue weighted by Gasteiger charge is -2.07. The summed E-state index contributed by atoms with van der Waals surface area (Å²) in [5.41, 5.74) is 7.37. The Labute approximate surface area is 93.8 Å². The van der Waals surface area contributed by atoms with E-state index in [9.17, 15) is 4.79 Å². The summed E-state index contributed by atoms with van der Waals surface area (Å²) in [6.07, 6.45) is 0. The topological polar surface area (TPSA) is 67.2 Å². The average Bonchev–Trinajstić information content (AvgIpc) is 2.20. The highest BCUT2D eigenvalue weighted by molar-refractivity contribution is 8.00. The van der Waals surface area contributed by atoms with Gasteiger partial charge in [0.2, 0.25) is 5.91 Å². The van der Waals surface area contributed by atoms with Crippen LogP contribution in [-0.4, -0.2) is 18.2 Å². The van der Waals surface area contributed by atoms with Crippen molar-refractivity contribution in [1.82, 2.24) is 5.32 Å². The van der Waals surface area contributed by atoms with Crippen molar-refractivity contribution in [2.45, 2.75) is 6.92 Å². The van der Waals surface area contributed by atoms with Crippen LogP contribution in [0, 0.1) is 0 Å². The Hall–Kier alpha value is -1.36. The summed E-state index contributed by atoms with van der Waals surface area (Å²) in [5, 5.41) is 2.72. The van der Waals surface area contributed by atoms with Crippen molar-refractivity contribution in [2.24, 2.45) is 0 Å². The van der Waals surface area contributed by atoms with Crippen LogP contribution in [-0.2, 0) is 4.79 Å². The van der Waals surface area contributed by atoms with E-state index in [2.05, 4.69) is 10.0 Å². The molecule has 0 fully saturated rings. The van der Waals surface area contributed by atoms with Crippen molar-refractivity contribution >= 4 is 29.2 Å². The molecule has 0 bridgehead atoms. The molecule has 0 radical (unpaired) electrons. The van der Waals surface area contributed by atoms with Crippen molar-refractivity contribution in [3.8, 4) is 0 Å². The minimum atomic E-state index is -0.00479. The fourth-order valence-electron chi connectivity index (χ4n) is 0.997. The van der Waals surface area contributed by atoms with Gasteiger partial charge in [-0.2, -0.15) is 0 Å². The number of rotatable bonds is 5. The van der Waals surface area contributed by atoms with Gasteiger partial charge in [-0.3, -0.25) is 4.79 Å². The number of hydrogen-bond acceptors (Lipinski definition) is 4. The van der Waals surface area contributed by atoms with E-state index in [0.29, 0.717) is 6.54 Å². The molecule has 0 atom stereocenters. The van der Waals surface area contributed by atoms with Crippen LogP contribution in [0.4, 0.5) is 11.4 Å². The predicted octanol–water partition coefficient (Wildman–Crippen LogP) is 1.46. The summed E-state index contributed by atoms with van der Waals surface area (Å²) < 4.78 is 3.13. The van der Waals surface area contributed by atoms with Gasteiger partial charge in [-0.05, 0) is 12.1 Å². The summed E-state index contributed by atoms with van der Waals surface area (Å²) in [6.45, 7) is 2.16. The van der Waals surface area contributed by atoms with Crippen molar-refractivity contribution in [1.29, 1.82) is 0 Å². The molecule has 1 aromatic carbocycles. The third-order valence-electron chi connectivity index (χ3n) is 1.72. The van der Waals surface area contributed by atoms with Gasteiger partial charge in [-0.15, -0.1) is 0 Å². The maximum atomic E-state index is 10.6. The minimum absolute atomic E-state index is 0.00479. The van der Waals surface area contributed by atoms with Gasteiger partial charge in [0.15, 0.2) is 0 Å². The lowest BCUT2D eigenvalue weighted by atomic mass is 10.3. The second-order valence-electron chi connectivity index (χ2n) is 3.02. The number of benzene rings is 1. The first-order valence-corrected chi connectivity index (χ1v) is 5.65. The maximum absolute atomic E-state index is 10.6. The Kier molecular flexibility index (Phi) is 4.83. The van der Waals surface area contributed by atoms with Gasteiger partial charge in [-0.25, -0.2) is 0 Å².